The van der Waals surface area contributed by atoms with Crippen LogP contribution in [0.3, 0.4) is 0 Å². The molecule has 8 heteroatoms. The maximum Gasteiger partial charge on any atom is 0.271 e. The van der Waals surface area contributed by atoms with Crippen molar-refractivity contribution < 1.29 is 4.79 Å². The van der Waals surface area contributed by atoms with Crippen molar-refractivity contribution in [2.45, 2.75) is 27.2 Å². The summed E-state index contributed by atoms with van der Waals surface area (Å²) in [5.74, 6) is 0.492. The number of fused-ring (bicyclic) bond motifs is 2. The summed E-state index contributed by atoms with van der Waals surface area (Å²) in [6.45, 7) is 6.85. The topological polar surface area (TPSA) is 88.0 Å². The summed E-state index contributed by atoms with van der Waals surface area (Å²) in [6, 6.07) is 0. The number of nitrogens with zero attached hydrogens (tertiary/aromatic N) is 4. The fourth-order valence-corrected chi connectivity index (χ4v) is 3.43. The van der Waals surface area contributed by atoms with Gasteiger partial charge in [-0.2, -0.15) is 5.10 Å². The molecule has 0 bridgehead atoms. The first kappa shape index (κ1) is 13.4. The van der Waals surface area contributed by atoms with Gasteiger partial charge < -0.3 is 10.3 Å². The minimum Gasteiger partial charge on any atom is -0.350 e. The van der Waals surface area contributed by atoms with Crippen LogP contribution in [-0.4, -0.2) is 37.0 Å². The summed E-state index contributed by atoms with van der Waals surface area (Å²) in [6.07, 6.45) is 2.60. The molecule has 22 heavy (non-hydrogen) atoms. The van der Waals surface area contributed by atoms with Crippen LogP contribution < -0.4 is 5.32 Å². The number of hydrogen-bond donors (Lipinski definition) is 2. The second-order valence-corrected chi connectivity index (χ2v) is 7.57. The third-order valence-corrected chi connectivity index (χ3v) is 4.60. The van der Waals surface area contributed by atoms with Crippen LogP contribution in [-0.2, 0) is 6.42 Å². The smallest absolute Gasteiger partial charge is 0.271 e. The van der Waals surface area contributed by atoms with Gasteiger partial charge >= 0.3 is 0 Å². The zero-order valence-electron chi connectivity index (χ0n) is 12.6. The van der Waals surface area contributed by atoms with Gasteiger partial charge in [0.05, 0.1) is 6.20 Å². The van der Waals surface area contributed by atoms with E-state index in [1.165, 1.54) is 11.3 Å². The number of rotatable bonds is 1. The Labute approximate surface area is 130 Å². The monoisotopic (exact) mass is 316 g/mol. The molecule has 0 fully saturated rings. The Morgan fingerprint density at radius 1 is 1.36 bits per heavy atom. The number of H-pyrrole nitrogens is 1. The van der Waals surface area contributed by atoms with E-state index in [9.17, 15) is 4.79 Å². The summed E-state index contributed by atoms with van der Waals surface area (Å²) in [7, 11) is 0. The van der Waals surface area contributed by atoms with Crippen molar-refractivity contribution in [3.63, 3.8) is 0 Å². The van der Waals surface area contributed by atoms with Gasteiger partial charge in [-0.15, -0.1) is 0 Å². The van der Waals surface area contributed by atoms with Crippen molar-refractivity contribution >= 4 is 22.2 Å². The van der Waals surface area contributed by atoms with E-state index in [4.69, 9.17) is 0 Å². The number of carbonyl (C=O) groups is 1. The number of carbonyl (C=O) groups excluding carboxylic acids is 1. The second kappa shape index (κ2) is 4.39. The molecular weight excluding hydrogens is 300 g/mol. The van der Waals surface area contributed by atoms with Crippen LogP contribution >= 0.6 is 11.3 Å². The van der Waals surface area contributed by atoms with Gasteiger partial charge in [0.15, 0.2) is 5.82 Å². The Balaban J connectivity index is 1.79. The van der Waals surface area contributed by atoms with Crippen molar-refractivity contribution in [3.05, 3.63) is 22.6 Å². The molecule has 114 valence electrons. The third-order valence-electron chi connectivity index (χ3n) is 3.76. The zero-order valence-corrected chi connectivity index (χ0v) is 13.4. The average Bonchev–Trinajstić information content (AvgIpc) is 3.06. The quantitative estimate of drug-likeness (QED) is 0.716. The van der Waals surface area contributed by atoms with E-state index in [1.54, 1.807) is 4.52 Å². The van der Waals surface area contributed by atoms with E-state index in [0.29, 0.717) is 23.8 Å². The van der Waals surface area contributed by atoms with Crippen LogP contribution in [0.1, 0.15) is 35.0 Å². The fraction of sp³-hybridized carbons (Fsp3) is 0.429. The Bertz CT molecular complexity index is 855. The predicted molar refractivity (Wildman–Crippen MR) is 83.0 cm³/mol. The highest BCUT2D eigenvalue weighted by Crippen LogP contribution is 2.28. The molecule has 2 N–H and O–H groups in total. The van der Waals surface area contributed by atoms with Crippen molar-refractivity contribution in [1.82, 2.24) is 29.9 Å². The minimum atomic E-state index is -0.127. The highest BCUT2D eigenvalue weighted by atomic mass is 32.1. The number of nitrogens with one attached hydrogen (secondary N) is 2. The lowest BCUT2D eigenvalue weighted by molar-refractivity contribution is 0.0940. The molecule has 1 aliphatic heterocycles. The lowest BCUT2D eigenvalue weighted by Gasteiger charge is -2.21. The molecule has 4 rings (SSSR count). The number of aromatic nitrogens is 5. The van der Waals surface area contributed by atoms with E-state index in [0.717, 1.165) is 22.1 Å². The zero-order chi connectivity index (χ0) is 15.5. The van der Waals surface area contributed by atoms with Gasteiger partial charge in [-0.1, -0.05) is 25.2 Å². The highest BCUT2D eigenvalue weighted by molar-refractivity contribution is 7.16. The van der Waals surface area contributed by atoms with Gasteiger partial charge in [0.25, 0.3) is 5.91 Å². The highest BCUT2D eigenvalue weighted by Gasteiger charge is 2.30. The van der Waals surface area contributed by atoms with Crippen LogP contribution in [0.5, 0.6) is 0 Å². The molecule has 0 aliphatic carbocycles. The molecule has 1 aliphatic rings. The SMILES string of the molecule is Cc1nn2cc(-c3nc4c([nH]3)CC(C)(C)CNC4=O)nc2s1. The van der Waals surface area contributed by atoms with E-state index >= 15 is 0 Å². The van der Waals surface area contributed by atoms with Crippen LogP contribution in [0.25, 0.3) is 16.5 Å². The summed E-state index contributed by atoms with van der Waals surface area (Å²) < 4.78 is 1.74. The average molecular weight is 316 g/mol. The number of imidazole rings is 2. The molecule has 0 atom stereocenters. The second-order valence-electron chi connectivity index (χ2n) is 6.41. The third kappa shape index (κ3) is 2.10. The molecule has 0 aromatic carbocycles. The Kier molecular flexibility index (Phi) is 2.68. The van der Waals surface area contributed by atoms with Crippen molar-refractivity contribution in [3.8, 4) is 11.5 Å². The van der Waals surface area contributed by atoms with Crippen LogP contribution in [0.4, 0.5) is 0 Å². The molecule has 0 saturated heterocycles. The first-order valence-corrected chi connectivity index (χ1v) is 7.93. The van der Waals surface area contributed by atoms with E-state index in [1.807, 2.05) is 13.1 Å². The van der Waals surface area contributed by atoms with Gasteiger partial charge in [0.2, 0.25) is 4.96 Å². The van der Waals surface area contributed by atoms with Gasteiger partial charge in [-0.05, 0) is 18.8 Å². The summed E-state index contributed by atoms with van der Waals surface area (Å²) in [5, 5.41) is 8.24. The summed E-state index contributed by atoms with van der Waals surface area (Å²) >= 11 is 1.53. The predicted octanol–water partition coefficient (Wildman–Crippen LogP) is 1.80. The molecule has 4 heterocycles. The normalized spacial score (nSPS) is 17.3. The standard InChI is InChI=1S/C14H16N6OS/c1-7-19-20-5-9(17-13(20)22-7)11-16-8-4-14(2,3)6-15-12(21)10(8)18-11/h5H,4,6H2,1-3H3,(H,15,21)(H,16,18). The molecule has 0 saturated carbocycles. The summed E-state index contributed by atoms with van der Waals surface area (Å²) in [5.41, 5.74) is 2.05. The molecule has 1 amide bonds. The maximum absolute atomic E-state index is 12.2. The number of aromatic amines is 1. The summed E-state index contributed by atoms with van der Waals surface area (Å²) in [4.78, 5) is 25.3. The lowest BCUT2D eigenvalue weighted by Crippen LogP contribution is -2.32. The molecule has 0 radical (unpaired) electrons. The number of aryl methyl sites for hydroxylation is 1. The van der Waals surface area contributed by atoms with Crippen molar-refractivity contribution in [2.75, 3.05) is 6.54 Å². The lowest BCUT2D eigenvalue weighted by atomic mass is 9.88. The van der Waals surface area contributed by atoms with Crippen LogP contribution in [0.2, 0.25) is 0 Å². The first-order chi connectivity index (χ1) is 10.4. The Hall–Kier alpha value is -2.22. The molecular formula is C14H16N6OS. The Morgan fingerprint density at radius 3 is 2.95 bits per heavy atom. The van der Waals surface area contributed by atoms with Crippen LogP contribution in [0.15, 0.2) is 6.20 Å². The molecule has 7 nitrogen and oxygen atoms in total. The fourth-order valence-electron chi connectivity index (χ4n) is 2.70. The van der Waals surface area contributed by atoms with E-state index in [2.05, 4.69) is 39.2 Å². The van der Waals surface area contributed by atoms with Crippen LogP contribution in [0, 0.1) is 12.3 Å². The maximum atomic E-state index is 12.2. The molecule has 0 spiro atoms. The first-order valence-electron chi connectivity index (χ1n) is 7.12. The van der Waals surface area contributed by atoms with Gasteiger partial charge in [-0.3, -0.25) is 4.79 Å². The van der Waals surface area contributed by atoms with Gasteiger partial charge in [0, 0.05) is 12.2 Å². The number of hydrogen-bond acceptors (Lipinski definition) is 5. The van der Waals surface area contributed by atoms with Crippen molar-refractivity contribution in [2.24, 2.45) is 5.41 Å². The molecule has 3 aromatic rings. The minimum absolute atomic E-state index is 0.00206. The number of amides is 1. The Morgan fingerprint density at radius 2 is 2.18 bits per heavy atom. The largest absolute Gasteiger partial charge is 0.350 e. The molecule has 3 aromatic heterocycles. The van der Waals surface area contributed by atoms with E-state index in [-0.39, 0.29) is 11.3 Å². The van der Waals surface area contributed by atoms with E-state index < -0.39 is 0 Å². The van der Waals surface area contributed by atoms with Gasteiger partial charge in [-0.25, -0.2) is 14.5 Å². The van der Waals surface area contributed by atoms with Gasteiger partial charge in [0.1, 0.15) is 16.4 Å². The van der Waals surface area contributed by atoms with Crippen molar-refractivity contribution in [1.29, 1.82) is 0 Å². The molecule has 0 unspecified atom stereocenters.